The summed E-state index contributed by atoms with van der Waals surface area (Å²) < 4.78 is 25.9. The lowest BCUT2D eigenvalue weighted by molar-refractivity contribution is -0.0343. The largest absolute Gasteiger partial charge is 0.325 e. The van der Waals surface area contributed by atoms with Crippen LogP contribution in [0.25, 0.3) is 0 Å². The molecule has 5 heteroatoms. The van der Waals surface area contributed by atoms with Gasteiger partial charge in [-0.2, -0.15) is 11.8 Å². The zero-order valence-electron chi connectivity index (χ0n) is 8.67. The number of hydrogen-bond donors (Lipinski definition) is 1. The van der Waals surface area contributed by atoms with Crippen LogP contribution in [0.3, 0.4) is 0 Å². The molecule has 0 aliphatic heterocycles. The fourth-order valence-electron chi connectivity index (χ4n) is 1.65. The van der Waals surface area contributed by atoms with Gasteiger partial charge < -0.3 is 5.73 Å². The molecule has 1 aliphatic rings. The van der Waals surface area contributed by atoms with Gasteiger partial charge in [0.2, 0.25) is 0 Å². The minimum atomic E-state index is -2.74. The van der Waals surface area contributed by atoms with Crippen LogP contribution in [0.2, 0.25) is 0 Å². The van der Waals surface area contributed by atoms with Crippen molar-refractivity contribution in [1.29, 1.82) is 0 Å². The lowest BCUT2D eigenvalue weighted by atomic mass is 9.91. The Morgan fingerprint density at radius 2 is 2.07 bits per heavy atom. The van der Waals surface area contributed by atoms with E-state index in [9.17, 15) is 8.78 Å². The Morgan fingerprint density at radius 1 is 1.50 bits per heavy atom. The average Bonchev–Trinajstić information content (AvgIpc) is 2.01. The van der Waals surface area contributed by atoms with Crippen LogP contribution in [-0.4, -0.2) is 48.5 Å². The predicted octanol–water partition coefficient (Wildman–Crippen LogP) is 1.41. The fraction of sp³-hybridized carbons (Fsp3) is 1.00. The quantitative estimate of drug-likeness (QED) is 0.765. The van der Waals surface area contributed by atoms with Crippen molar-refractivity contribution in [3.05, 3.63) is 0 Å². The van der Waals surface area contributed by atoms with Crippen LogP contribution in [0.15, 0.2) is 0 Å². The summed E-state index contributed by atoms with van der Waals surface area (Å²) in [7, 11) is 1.75. The molecule has 14 heavy (non-hydrogen) atoms. The summed E-state index contributed by atoms with van der Waals surface area (Å²) >= 11 is 1.82. The van der Waals surface area contributed by atoms with E-state index in [0.717, 1.165) is 12.8 Å². The smallest absolute Gasteiger partial charge is 0.272 e. The zero-order chi connectivity index (χ0) is 10.8. The molecule has 0 heterocycles. The van der Waals surface area contributed by atoms with Crippen molar-refractivity contribution in [3.8, 4) is 0 Å². The van der Waals surface area contributed by atoms with Crippen molar-refractivity contribution < 1.29 is 8.78 Å². The molecule has 0 unspecified atom stereocenters. The van der Waals surface area contributed by atoms with Gasteiger partial charge in [-0.3, -0.25) is 4.90 Å². The Morgan fingerprint density at radius 3 is 2.50 bits per heavy atom. The van der Waals surface area contributed by atoms with Crippen LogP contribution in [-0.2, 0) is 0 Å². The second-order valence-electron chi connectivity index (χ2n) is 3.96. The Balaban J connectivity index is 2.27. The number of thioether (sulfide) groups is 1. The van der Waals surface area contributed by atoms with E-state index >= 15 is 0 Å². The highest BCUT2D eigenvalue weighted by atomic mass is 32.2. The first-order valence-corrected chi connectivity index (χ1v) is 6.08. The summed E-state index contributed by atoms with van der Waals surface area (Å²) in [6.07, 6.45) is 4.12. The molecule has 1 aliphatic carbocycles. The molecule has 0 aromatic rings. The lowest BCUT2D eigenvalue weighted by Crippen LogP contribution is -2.50. The van der Waals surface area contributed by atoms with Crippen molar-refractivity contribution in [2.24, 2.45) is 5.73 Å². The van der Waals surface area contributed by atoms with E-state index in [1.807, 2.05) is 11.8 Å². The van der Waals surface area contributed by atoms with E-state index in [2.05, 4.69) is 6.26 Å². The summed E-state index contributed by atoms with van der Waals surface area (Å²) in [6.45, 7) is -0.773. The Labute approximate surface area is 88.2 Å². The highest BCUT2D eigenvalue weighted by molar-refractivity contribution is 7.99. The van der Waals surface area contributed by atoms with Gasteiger partial charge in [0.15, 0.2) is 0 Å². The van der Waals surface area contributed by atoms with Crippen LogP contribution in [0.5, 0.6) is 0 Å². The number of hydrogen-bond acceptors (Lipinski definition) is 3. The van der Waals surface area contributed by atoms with Crippen molar-refractivity contribution in [3.63, 3.8) is 0 Å². The van der Waals surface area contributed by atoms with Gasteiger partial charge in [0.1, 0.15) is 0 Å². The van der Waals surface area contributed by atoms with Crippen LogP contribution < -0.4 is 5.73 Å². The van der Waals surface area contributed by atoms with Gasteiger partial charge in [-0.15, -0.1) is 0 Å². The molecule has 0 amide bonds. The second-order valence-corrected chi connectivity index (χ2v) is 5.10. The molecule has 1 rings (SSSR count). The van der Waals surface area contributed by atoms with E-state index in [-0.39, 0.29) is 6.54 Å². The maximum absolute atomic E-state index is 12.9. The summed E-state index contributed by atoms with van der Waals surface area (Å²) in [5.74, 6) is -2.74. The summed E-state index contributed by atoms with van der Waals surface area (Å²) in [6, 6.07) is 0.324. The molecular formula is C9H18F2N2S. The first kappa shape index (κ1) is 12.2. The first-order valence-electron chi connectivity index (χ1n) is 4.79. The lowest BCUT2D eigenvalue weighted by Gasteiger charge is -2.41. The summed E-state index contributed by atoms with van der Waals surface area (Å²) in [5.41, 5.74) is 4.99. The van der Waals surface area contributed by atoms with Crippen LogP contribution in [0.4, 0.5) is 8.78 Å². The number of nitrogens with zero attached hydrogens (tertiary/aromatic N) is 1. The molecule has 0 bridgehead atoms. The highest BCUT2D eigenvalue weighted by Gasteiger charge is 2.36. The Kier molecular flexibility index (Phi) is 4.15. The number of rotatable bonds is 5. The monoisotopic (exact) mass is 224 g/mol. The zero-order valence-corrected chi connectivity index (χ0v) is 9.49. The summed E-state index contributed by atoms with van der Waals surface area (Å²) in [5, 5.41) is 0.661. The number of nitrogens with two attached hydrogens (primary N) is 1. The molecule has 84 valence electrons. The van der Waals surface area contributed by atoms with E-state index in [0.29, 0.717) is 11.3 Å². The standard InChI is InChI=1S/C9H18F2N2S/c1-13(6-9(10,11)5-12)7-3-8(4-7)14-2/h7-8H,3-6,12H2,1-2H3. The van der Waals surface area contributed by atoms with Gasteiger partial charge in [-0.1, -0.05) is 0 Å². The molecule has 0 spiro atoms. The molecule has 0 saturated heterocycles. The molecule has 0 atom stereocenters. The maximum atomic E-state index is 12.9. The molecule has 0 radical (unpaired) electrons. The average molecular weight is 224 g/mol. The number of alkyl halides is 2. The van der Waals surface area contributed by atoms with Crippen molar-refractivity contribution in [2.75, 3.05) is 26.4 Å². The first-order chi connectivity index (χ1) is 6.48. The van der Waals surface area contributed by atoms with Crippen molar-refractivity contribution >= 4 is 11.8 Å². The molecule has 1 fully saturated rings. The Hall–Kier alpha value is 0.130. The minimum Gasteiger partial charge on any atom is -0.325 e. The third kappa shape index (κ3) is 3.07. The number of halogens is 2. The van der Waals surface area contributed by atoms with Gasteiger partial charge >= 0.3 is 0 Å². The van der Waals surface area contributed by atoms with Crippen LogP contribution in [0, 0.1) is 0 Å². The molecular weight excluding hydrogens is 206 g/mol. The minimum absolute atomic E-state index is 0.213. The third-order valence-electron chi connectivity index (χ3n) is 2.81. The normalized spacial score (nSPS) is 27.9. The SMILES string of the molecule is CSC1CC(N(C)CC(F)(F)CN)C1. The van der Waals surface area contributed by atoms with Gasteiger partial charge in [0.25, 0.3) is 5.92 Å². The third-order valence-corrected chi connectivity index (χ3v) is 3.86. The fourth-order valence-corrected chi connectivity index (χ4v) is 2.48. The van der Waals surface area contributed by atoms with Crippen LogP contribution in [0.1, 0.15) is 12.8 Å². The molecule has 2 nitrogen and oxygen atoms in total. The molecule has 0 aromatic heterocycles. The Bertz CT molecular complexity index is 184. The van der Waals surface area contributed by atoms with Gasteiger partial charge in [-0.25, -0.2) is 8.78 Å². The van der Waals surface area contributed by atoms with E-state index in [1.54, 1.807) is 11.9 Å². The van der Waals surface area contributed by atoms with Crippen molar-refractivity contribution in [1.82, 2.24) is 4.90 Å². The second kappa shape index (κ2) is 4.77. The van der Waals surface area contributed by atoms with Gasteiger partial charge in [-0.05, 0) is 26.1 Å². The molecule has 1 saturated carbocycles. The highest BCUT2D eigenvalue weighted by Crippen LogP contribution is 2.33. The molecule has 0 aromatic carbocycles. The van der Waals surface area contributed by atoms with Gasteiger partial charge in [0, 0.05) is 11.3 Å². The molecule has 2 N–H and O–H groups in total. The van der Waals surface area contributed by atoms with E-state index in [4.69, 9.17) is 5.73 Å². The van der Waals surface area contributed by atoms with Crippen LogP contribution >= 0.6 is 11.8 Å². The van der Waals surface area contributed by atoms with E-state index in [1.165, 1.54) is 0 Å². The summed E-state index contributed by atoms with van der Waals surface area (Å²) in [4.78, 5) is 1.74. The van der Waals surface area contributed by atoms with Gasteiger partial charge in [0.05, 0.1) is 13.1 Å². The predicted molar refractivity (Wildman–Crippen MR) is 57.0 cm³/mol. The maximum Gasteiger partial charge on any atom is 0.272 e. The van der Waals surface area contributed by atoms with Crippen molar-refractivity contribution in [2.45, 2.75) is 30.1 Å². The topological polar surface area (TPSA) is 29.3 Å². The van der Waals surface area contributed by atoms with E-state index < -0.39 is 12.5 Å².